The van der Waals surface area contributed by atoms with Crippen molar-refractivity contribution in [2.75, 3.05) is 4.90 Å². The number of fused-ring (bicyclic) bond motifs is 2. The van der Waals surface area contributed by atoms with Crippen molar-refractivity contribution >= 4 is 45.4 Å². The van der Waals surface area contributed by atoms with Crippen molar-refractivity contribution in [3.05, 3.63) is 107 Å². The summed E-state index contributed by atoms with van der Waals surface area (Å²) >= 11 is 3.52. The second-order valence-corrected chi connectivity index (χ2v) is 10.5. The van der Waals surface area contributed by atoms with Gasteiger partial charge in [0.1, 0.15) is 5.82 Å². The Balaban J connectivity index is 1.66. The number of aromatic nitrogens is 1. The van der Waals surface area contributed by atoms with Gasteiger partial charge in [-0.2, -0.15) is 0 Å². The molecular weight excluding hydrogens is 459 g/mol. The number of anilines is 2. The lowest BCUT2D eigenvalue weighted by Gasteiger charge is -2.33. The van der Waals surface area contributed by atoms with Gasteiger partial charge in [0.15, 0.2) is 0 Å². The molecule has 0 bridgehead atoms. The third-order valence-corrected chi connectivity index (χ3v) is 8.27. The number of nitrogens with zero attached hydrogens (tertiary/aromatic N) is 2. The molecule has 3 aromatic carbocycles. The van der Waals surface area contributed by atoms with Crippen LogP contribution in [0.5, 0.6) is 0 Å². The van der Waals surface area contributed by atoms with Gasteiger partial charge in [0.25, 0.3) is 0 Å². The highest BCUT2D eigenvalue weighted by Crippen LogP contribution is 2.48. The Morgan fingerprint density at radius 1 is 0.824 bits per heavy atom. The molecule has 0 aliphatic carbocycles. The number of hydrogen-bond acceptors (Lipinski definition) is 4. The fourth-order valence-corrected chi connectivity index (χ4v) is 6.17. The number of halogens is 1. The zero-order valence-corrected chi connectivity index (χ0v) is 20.4. The van der Waals surface area contributed by atoms with E-state index in [0.717, 1.165) is 39.1 Å². The van der Waals surface area contributed by atoms with E-state index in [9.17, 15) is 4.39 Å². The molecule has 2 aromatic heterocycles. The highest BCUT2D eigenvalue weighted by molar-refractivity contribution is 8.03. The van der Waals surface area contributed by atoms with Crippen LogP contribution in [0.25, 0.3) is 32.6 Å². The number of allylic oxidation sites excluding steroid dienone is 2. The predicted octanol–water partition coefficient (Wildman–Crippen LogP) is 9.26. The summed E-state index contributed by atoms with van der Waals surface area (Å²) in [5, 5.41) is 3.20. The Labute approximate surface area is 206 Å². The molecule has 0 atom stereocenters. The lowest BCUT2D eigenvalue weighted by atomic mass is 10.0. The number of thioether (sulfide) groups is 1. The molecule has 0 saturated heterocycles. The smallest absolute Gasteiger partial charge is 0.123 e. The van der Waals surface area contributed by atoms with Crippen LogP contribution in [0.3, 0.4) is 0 Å². The maximum Gasteiger partial charge on any atom is 0.123 e. The number of rotatable bonds is 3. The number of hydrogen-bond donors (Lipinski definition) is 0. The van der Waals surface area contributed by atoms with Gasteiger partial charge in [0, 0.05) is 36.9 Å². The Hall–Kier alpha value is -3.41. The van der Waals surface area contributed by atoms with Crippen molar-refractivity contribution in [2.24, 2.45) is 0 Å². The van der Waals surface area contributed by atoms with E-state index >= 15 is 0 Å². The monoisotopic (exact) mass is 480 g/mol. The number of thiophene rings is 1. The summed E-state index contributed by atoms with van der Waals surface area (Å²) in [5.74, 6) is -0.248. The standard InChI is InChI=1S/C29H21FN2S2/c1-18-19(2)34-28-10-4-3-8-25(28)32(18)26-9-5-7-22-23(27-11-6-16-33-27)17-24(31-29(22)26)20-12-14-21(30)15-13-20/h3-17H,1-2H3. The third kappa shape index (κ3) is 3.52. The molecule has 34 heavy (non-hydrogen) atoms. The summed E-state index contributed by atoms with van der Waals surface area (Å²) in [6.45, 7) is 4.34. The second-order valence-electron chi connectivity index (χ2n) is 8.26. The molecule has 5 aromatic rings. The summed E-state index contributed by atoms with van der Waals surface area (Å²) in [6.07, 6.45) is 0. The first-order chi connectivity index (χ1) is 16.6. The topological polar surface area (TPSA) is 16.1 Å². The second kappa shape index (κ2) is 8.42. The van der Waals surface area contributed by atoms with E-state index in [4.69, 9.17) is 4.98 Å². The van der Waals surface area contributed by atoms with Gasteiger partial charge >= 0.3 is 0 Å². The summed E-state index contributed by atoms with van der Waals surface area (Å²) in [5.41, 5.74) is 7.21. The molecule has 0 spiro atoms. The molecule has 0 fully saturated rings. The van der Waals surface area contributed by atoms with Crippen LogP contribution in [0.1, 0.15) is 13.8 Å². The number of para-hydroxylation sites is 2. The largest absolute Gasteiger partial charge is 0.310 e. The highest BCUT2D eigenvalue weighted by Gasteiger charge is 2.25. The molecule has 2 nitrogen and oxygen atoms in total. The van der Waals surface area contributed by atoms with E-state index in [-0.39, 0.29) is 5.82 Å². The van der Waals surface area contributed by atoms with Crippen LogP contribution in [0.4, 0.5) is 15.8 Å². The van der Waals surface area contributed by atoms with E-state index in [1.165, 1.54) is 32.5 Å². The Bertz CT molecular complexity index is 1550. The first-order valence-electron chi connectivity index (χ1n) is 11.1. The molecule has 1 aliphatic rings. The van der Waals surface area contributed by atoms with Crippen molar-refractivity contribution < 1.29 is 4.39 Å². The van der Waals surface area contributed by atoms with Crippen LogP contribution in [-0.4, -0.2) is 4.98 Å². The van der Waals surface area contributed by atoms with E-state index < -0.39 is 0 Å². The lowest BCUT2D eigenvalue weighted by Crippen LogP contribution is -2.19. The van der Waals surface area contributed by atoms with Gasteiger partial charge in [-0.15, -0.1) is 11.3 Å². The Morgan fingerprint density at radius 2 is 1.62 bits per heavy atom. The van der Waals surface area contributed by atoms with Crippen molar-refractivity contribution in [1.82, 2.24) is 4.98 Å². The quantitative estimate of drug-likeness (QED) is 0.256. The molecule has 0 saturated carbocycles. The van der Waals surface area contributed by atoms with Crippen LogP contribution in [0.2, 0.25) is 0 Å². The van der Waals surface area contributed by atoms with Crippen molar-refractivity contribution in [2.45, 2.75) is 18.7 Å². The molecule has 3 heterocycles. The normalized spacial score (nSPS) is 13.4. The zero-order valence-electron chi connectivity index (χ0n) is 18.7. The Kier molecular flexibility index (Phi) is 5.24. The first kappa shape index (κ1) is 21.1. The zero-order chi connectivity index (χ0) is 23.2. The number of benzene rings is 3. The van der Waals surface area contributed by atoms with Crippen LogP contribution in [0, 0.1) is 5.82 Å². The van der Waals surface area contributed by atoms with Crippen LogP contribution in [0.15, 0.2) is 106 Å². The van der Waals surface area contributed by atoms with Gasteiger partial charge in [-0.25, -0.2) is 9.37 Å². The predicted molar refractivity (Wildman–Crippen MR) is 143 cm³/mol. The van der Waals surface area contributed by atoms with E-state index in [1.807, 2.05) is 11.8 Å². The summed E-state index contributed by atoms with van der Waals surface area (Å²) in [6, 6.07) is 27.8. The highest BCUT2D eigenvalue weighted by atomic mass is 32.2. The fourth-order valence-electron chi connectivity index (χ4n) is 4.43. The van der Waals surface area contributed by atoms with E-state index in [1.54, 1.807) is 23.5 Å². The minimum Gasteiger partial charge on any atom is -0.310 e. The van der Waals surface area contributed by atoms with Crippen LogP contribution >= 0.6 is 23.1 Å². The minimum atomic E-state index is -0.248. The summed E-state index contributed by atoms with van der Waals surface area (Å²) in [4.78, 5) is 11.2. The summed E-state index contributed by atoms with van der Waals surface area (Å²) in [7, 11) is 0. The van der Waals surface area contributed by atoms with Gasteiger partial charge in [-0.3, -0.25) is 0 Å². The first-order valence-corrected chi connectivity index (χ1v) is 12.8. The van der Waals surface area contributed by atoms with Gasteiger partial charge in [-0.05, 0) is 73.8 Å². The van der Waals surface area contributed by atoms with Crippen molar-refractivity contribution in [1.29, 1.82) is 0 Å². The molecule has 6 rings (SSSR count). The number of pyridine rings is 1. The fraction of sp³-hybridized carbons (Fsp3) is 0.0690. The van der Waals surface area contributed by atoms with E-state index in [2.05, 4.69) is 84.8 Å². The lowest BCUT2D eigenvalue weighted by molar-refractivity contribution is 0.628. The SMILES string of the molecule is CC1=C(C)N(c2cccc3c(-c4cccs4)cc(-c4ccc(F)cc4)nc23)c2ccccc2S1. The average molecular weight is 481 g/mol. The molecule has 0 radical (unpaired) electrons. The third-order valence-electron chi connectivity index (χ3n) is 6.20. The van der Waals surface area contributed by atoms with Crippen LogP contribution in [-0.2, 0) is 0 Å². The molecule has 166 valence electrons. The minimum absolute atomic E-state index is 0.248. The van der Waals surface area contributed by atoms with Gasteiger partial charge in [0.05, 0.1) is 22.6 Å². The molecule has 0 N–H and O–H groups in total. The van der Waals surface area contributed by atoms with Gasteiger partial charge < -0.3 is 4.90 Å². The van der Waals surface area contributed by atoms with Gasteiger partial charge in [0.2, 0.25) is 0 Å². The van der Waals surface area contributed by atoms with Crippen molar-refractivity contribution in [3.63, 3.8) is 0 Å². The molecule has 0 unspecified atom stereocenters. The average Bonchev–Trinajstić information content (AvgIpc) is 3.39. The van der Waals surface area contributed by atoms with Gasteiger partial charge in [-0.1, -0.05) is 42.1 Å². The molecular formula is C29H21FN2S2. The summed E-state index contributed by atoms with van der Waals surface area (Å²) < 4.78 is 13.7. The molecule has 1 aliphatic heterocycles. The maximum atomic E-state index is 13.7. The molecule has 0 amide bonds. The molecule has 5 heteroatoms. The van der Waals surface area contributed by atoms with Crippen molar-refractivity contribution in [3.8, 4) is 21.7 Å². The van der Waals surface area contributed by atoms with Crippen LogP contribution < -0.4 is 4.90 Å². The van der Waals surface area contributed by atoms with E-state index in [0.29, 0.717) is 0 Å². The Morgan fingerprint density at radius 3 is 2.41 bits per heavy atom. The maximum absolute atomic E-state index is 13.7.